The van der Waals surface area contributed by atoms with Crippen LogP contribution >= 0.6 is 11.3 Å². The summed E-state index contributed by atoms with van der Waals surface area (Å²) in [6.45, 7) is 5.64. The monoisotopic (exact) mass is 434 g/mol. The van der Waals surface area contributed by atoms with E-state index >= 15 is 0 Å². The van der Waals surface area contributed by atoms with Crippen LogP contribution in [-0.2, 0) is 4.79 Å². The molecule has 3 aromatic rings. The molecule has 2 aromatic heterocycles. The summed E-state index contributed by atoms with van der Waals surface area (Å²) in [5, 5.41) is 2.93. The van der Waals surface area contributed by atoms with E-state index in [2.05, 4.69) is 9.88 Å². The van der Waals surface area contributed by atoms with Crippen molar-refractivity contribution in [1.29, 1.82) is 0 Å². The predicted octanol–water partition coefficient (Wildman–Crippen LogP) is 4.47. The van der Waals surface area contributed by atoms with Gasteiger partial charge in [-0.25, -0.2) is 4.98 Å². The molecular formula is C24H26N4O2S. The number of thiazole rings is 1. The highest BCUT2D eigenvalue weighted by molar-refractivity contribution is 7.13. The van der Waals surface area contributed by atoms with E-state index in [1.165, 1.54) is 19.3 Å². The highest BCUT2D eigenvalue weighted by atomic mass is 32.1. The molecule has 4 heterocycles. The van der Waals surface area contributed by atoms with Gasteiger partial charge in [-0.1, -0.05) is 12.5 Å². The summed E-state index contributed by atoms with van der Waals surface area (Å²) >= 11 is 1.57. The van der Waals surface area contributed by atoms with Crippen molar-refractivity contribution in [3.05, 3.63) is 48.0 Å². The van der Waals surface area contributed by atoms with Crippen LogP contribution in [0.5, 0.6) is 5.75 Å². The second kappa shape index (κ2) is 8.77. The van der Waals surface area contributed by atoms with Crippen LogP contribution in [-0.4, -0.2) is 53.1 Å². The third-order valence-corrected chi connectivity index (χ3v) is 6.80. The van der Waals surface area contributed by atoms with E-state index < -0.39 is 6.10 Å². The van der Waals surface area contributed by atoms with Gasteiger partial charge in [0.25, 0.3) is 5.91 Å². The largest absolute Gasteiger partial charge is 0.479 e. The molecule has 0 N–H and O–H groups in total. The van der Waals surface area contributed by atoms with Crippen LogP contribution in [0.4, 0.5) is 5.69 Å². The molecule has 1 atom stereocenters. The maximum absolute atomic E-state index is 13.0. The van der Waals surface area contributed by atoms with Crippen molar-refractivity contribution in [3.63, 3.8) is 0 Å². The van der Waals surface area contributed by atoms with E-state index in [4.69, 9.17) is 9.72 Å². The summed E-state index contributed by atoms with van der Waals surface area (Å²) in [5.74, 6) is 0.781. The summed E-state index contributed by atoms with van der Waals surface area (Å²) in [5.41, 5.74) is 3.57. The molecule has 6 nitrogen and oxygen atoms in total. The van der Waals surface area contributed by atoms with Crippen molar-refractivity contribution in [1.82, 2.24) is 14.9 Å². The molecule has 0 spiro atoms. The van der Waals surface area contributed by atoms with Crippen LogP contribution in [0.1, 0.15) is 26.2 Å². The maximum Gasteiger partial charge on any atom is 0.267 e. The van der Waals surface area contributed by atoms with Crippen molar-refractivity contribution in [2.75, 3.05) is 31.1 Å². The Hall–Kier alpha value is -2.77. The zero-order valence-corrected chi connectivity index (χ0v) is 18.5. The van der Waals surface area contributed by atoms with E-state index in [1.807, 2.05) is 53.6 Å². The molecule has 31 heavy (non-hydrogen) atoms. The number of benzene rings is 1. The maximum atomic E-state index is 13.0. The number of fused-ring (bicyclic) bond motifs is 1. The SMILES string of the molecule is CC1Oc2ccc(-c3csc(-c4ccccn4)n3)cc2N(CCN2CCCCC2)C1=O. The minimum Gasteiger partial charge on any atom is -0.479 e. The van der Waals surface area contributed by atoms with Gasteiger partial charge in [-0.2, -0.15) is 0 Å². The number of ether oxygens (including phenoxy) is 1. The van der Waals surface area contributed by atoms with Gasteiger partial charge in [-0.15, -0.1) is 11.3 Å². The molecule has 1 aromatic carbocycles. The van der Waals surface area contributed by atoms with Crippen LogP contribution in [0.3, 0.4) is 0 Å². The van der Waals surface area contributed by atoms with Gasteiger partial charge < -0.3 is 14.5 Å². The Labute approximate surface area is 186 Å². The van der Waals surface area contributed by atoms with Gasteiger partial charge in [0.2, 0.25) is 0 Å². The number of piperidine rings is 1. The van der Waals surface area contributed by atoms with Crippen molar-refractivity contribution >= 4 is 22.9 Å². The number of rotatable bonds is 5. The lowest BCUT2D eigenvalue weighted by atomic mass is 10.1. The van der Waals surface area contributed by atoms with Crippen LogP contribution in [0.2, 0.25) is 0 Å². The summed E-state index contributed by atoms with van der Waals surface area (Å²) in [7, 11) is 0. The predicted molar refractivity (Wildman–Crippen MR) is 124 cm³/mol. The summed E-state index contributed by atoms with van der Waals surface area (Å²) < 4.78 is 5.90. The lowest BCUT2D eigenvalue weighted by Crippen LogP contribution is -2.48. The first-order valence-electron chi connectivity index (χ1n) is 10.9. The Morgan fingerprint density at radius 3 is 2.77 bits per heavy atom. The van der Waals surface area contributed by atoms with E-state index in [-0.39, 0.29) is 5.91 Å². The van der Waals surface area contributed by atoms with E-state index in [0.717, 1.165) is 53.0 Å². The topological polar surface area (TPSA) is 58.6 Å². The average Bonchev–Trinajstić information content (AvgIpc) is 3.31. The second-order valence-electron chi connectivity index (χ2n) is 8.09. The molecule has 160 valence electrons. The lowest BCUT2D eigenvalue weighted by molar-refractivity contribution is -0.125. The van der Waals surface area contributed by atoms with Crippen molar-refractivity contribution in [2.45, 2.75) is 32.3 Å². The molecule has 1 unspecified atom stereocenters. The highest BCUT2D eigenvalue weighted by Crippen LogP contribution is 2.38. The third kappa shape index (κ3) is 4.20. The number of likely N-dealkylation sites (tertiary alicyclic amines) is 1. The van der Waals surface area contributed by atoms with E-state index in [0.29, 0.717) is 6.54 Å². The molecular weight excluding hydrogens is 408 g/mol. The zero-order chi connectivity index (χ0) is 21.2. The normalized spacial score (nSPS) is 19.2. The minimum atomic E-state index is -0.463. The van der Waals surface area contributed by atoms with Crippen molar-refractivity contribution < 1.29 is 9.53 Å². The first-order valence-corrected chi connectivity index (χ1v) is 11.8. The van der Waals surface area contributed by atoms with Gasteiger partial charge in [0, 0.05) is 30.2 Å². The van der Waals surface area contributed by atoms with Crippen LogP contribution in [0.15, 0.2) is 48.0 Å². The first-order chi connectivity index (χ1) is 15.2. The number of nitrogens with zero attached hydrogens (tertiary/aromatic N) is 4. The Morgan fingerprint density at radius 2 is 1.97 bits per heavy atom. The first kappa shape index (κ1) is 20.2. The molecule has 2 aliphatic heterocycles. The number of anilines is 1. The smallest absolute Gasteiger partial charge is 0.267 e. The average molecular weight is 435 g/mol. The number of hydrogen-bond donors (Lipinski definition) is 0. The number of carbonyl (C=O) groups is 1. The summed E-state index contributed by atoms with van der Waals surface area (Å²) in [6.07, 6.45) is 5.12. The minimum absolute atomic E-state index is 0.0223. The highest BCUT2D eigenvalue weighted by Gasteiger charge is 2.32. The number of pyridine rings is 1. The number of aromatic nitrogens is 2. The van der Waals surface area contributed by atoms with Gasteiger partial charge in [-0.05, 0) is 63.2 Å². The molecule has 1 saturated heterocycles. The molecule has 2 aliphatic rings. The Morgan fingerprint density at radius 1 is 1.10 bits per heavy atom. The fourth-order valence-electron chi connectivity index (χ4n) is 4.23. The van der Waals surface area contributed by atoms with E-state index in [9.17, 15) is 4.79 Å². The number of carbonyl (C=O) groups excluding carboxylic acids is 1. The summed E-state index contributed by atoms with van der Waals surface area (Å²) in [4.78, 5) is 26.5. The number of amides is 1. The quantitative estimate of drug-likeness (QED) is 0.593. The van der Waals surface area contributed by atoms with Gasteiger partial charge in [0.05, 0.1) is 17.1 Å². The fraction of sp³-hybridized carbons (Fsp3) is 0.375. The molecule has 7 heteroatoms. The Kier molecular flexibility index (Phi) is 5.70. The number of hydrogen-bond acceptors (Lipinski definition) is 6. The molecule has 0 radical (unpaired) electrons. The van der Waals surface area contributed by atoms with Crippen LogP contribution < -0.4 is 9.64 Å². The third-order valence-electron chi connectivity index (χ3n) is 5.94. The molecule has 0 aliphatic carbocycles. The molecule has 5 rings (SSSR count). The Bertz CT molecular complexity index is 1060. The standard InChI is InChI=1S/C24H26N4O2S/c1-17-24(29)28(14-13-27-11-5-2-6-12-27)21-15-18(8-9-22(21)30-17)20-16-31-23(26-20)19-7-3-4-10-25-19/h3-4,7-10,15-17H,2,5-6,11-14H2,1H3. The van der Waals surface area contributed by atoms with Gasteiger partial charge in [-0.3, -0.25) is 9.78 Å². The second-order valence-corrected chi connectivity index (χ2v) is 8.95. The van der Waals surface area contributed by atoms with E-state index in [1.54, 1.807) is 17.5 Å². The zero-order valence-electron chi connectivity index (χ0n) is 17.7. The summed E-state index contributed by atoms with van der Waals surface area (Å²) in [6, 6.07) is 11.8. The van der Waals surface area contributed by atoms with Gasteiger partial charge in [0.1, 0.15) is 10.8 Å². The van der Waals surface area contributed by atoms with Gasteiger partial charge in [0.15, 0.2) is 6.10 Å². The van der Waals surface area contributed by atoms with Crippen LogP contribution in [0, 0.1) is 0 Å². The Balaban J connectivity index is 1.42. The molecule has 1 fully saturated rings. The van der Waals surface area contributed by atoms with Crippen molar-refractivity contribution in [3.8, 4) is 27.7 Å². The fourth-order valence-corrected chi connectivity index (χ4v) is 5.04. The van der Waals surface area contributed by atoms with Crippen molar-refractivity contribution in [2.24, 2.45) is 0 Å². The molecule has 0 saturated carbocycles. The van der Waals surface area contributed by atoms with Gasteiger partial charge >= 0.3 is 0 Å². The molecule has 1 amide bonds. The lowest BCUT2D eigenvalue weighted by Gasteiger charge is -2.35. The van der Waals surface area contributed by atoms with Crippen LogP contribution in [0.25, 0.3) is 22.0 Å². The molecule has 0 bridgehead atoms.